The van der Waals surface area contributed by atoms with Crippen molar-refractivity contribution in [2.45, 2.75) is 25.6 Å². The molecule has 0 bridgehead atoms. The van der Waals surface area contributed by atoms with E-state index in [0.29, 0.717) is 16.9 Å². The van der Waals surface area contributed by atoms with Gasteiger partial charge in [0.25, 0.3) is 5.91 Å². The number of carbonyl (C=O) groups excluding carboxylic acids is 1. The molecule has 0 atom stereocenters. The molecule has 0 spiro atoms. The number of anilines is 1. The molecule has 2 aromatic heterocycles. The van der Waals surface area contributed by atoms with Gasteiger partial charge in [0.2, 0.25) is 0 Å². The Morgan fingerprint density at radius 1 is 1.00 bits per heavy atom. The number of benzene rings is 2. The minimum Gasteiger partial charge on any atom is -0.321 e. The Balaban J connectivity index is 1.35. The lowest BCUT2D eigenvalue weighted by molar-refractivity contribution is -0.137. The number of nitrogens with one attached hydrogen (secondary N) is 1. The summed E-state index contributed by atoms with van der Waals surface area (Å²) >= 11 is 0. The molecule has 34 heavy (non-hydrogen) atoms. The summed E-state index contributed by atoms with van der Waals surface area (Å²) in [6, 6.07) is 15.8. The van der Waals surface area contributed by atoms with Gasteiger partial charge in [0, 0.05) is 17.9 Å². The Kier molecular flexibility index (Phi) is 5.79. The fourth-order valence-electron chi connectivity index (χ4n) is 4.13. The van der Waals surface area contributed by atoms with Crippen LogP contribution in [0, 0.1) is 0 Å². The number of imidazole rings is 1. The minimum absolute atomic E-state index is 0.141. The maximum absolute atomic E-state index is 13.1. The number of pyridine rings is 1. The molecule has 1 N–H and O–H groups in total. The first-order valence-electron chi connectivity index (χ1n) is 11.0. The summed E-state index contributed by atoms with van der Waals surface area (Å²) in [4.78, 5) is 23.8. The summed E-state index contributed by atoms with van der Waals surface area (Å²) < 4.78 is 40.8. The van der Waals surface area contributed by atoms with E-state index in [4.69, 9.17) is 0 Å². The molecule has 6 nitrogen and oxygen atoms in total. The van der Waals surface area contributed by atoms with Gasteiger partial charge in [-0.3, -0.25) is 14.3 Å². The Hall–Kier alpha value is -3.72. The number of carbonyl (C=O) groups is 1. The van der Waals surface area contributed by atoms with Gasteiger partial charge in [0.1, 0.15) is 17.5 Å². The first-order chi connectivity index (χ1) is 16.4. The van der Waals surface area contributed by atoms with Crippen LogP contribution in [0.3, 0.4) is 0 Å². The van der Waals surface area contributed by atoms with Crippen molar-refractivity contribution in [3.05, 3.63) is 83.8 Å². The van der Waals surface area contributed by atoms with Crippen LogP contribution in [-0.2, 0) is 12.7 Å². The Morgan fingerprint density at radius 2 is 1.76 bits per heavy atom. The maximum atomic E-state index is 13.1. The number of aromatic nitrogens is 3. The first-order valence-corrected chi connectivity index (χ1v) is 11.0. The SMILES string of the molecule is O=C(Nc1ccc(CN2CCCC2)cc1)c1ccc2ncn(-c3cccc(C(F)(F)F)c3)c2n1. The van der Waals surface area contributed by atoms with E-state index in [0.717, 1.165) is 31.8 Å². The van der Waals surface area contributed by atoms with Crippen LogP contribution < -0.4 is 5.32 Å². The molecule has 1 aliphatic heterocycles. The van der Waals surface area contributed by atoms with Crippen LogP contribution in [-0.4, -0.2) is 38.4 Å². The summed E-state index contributed by atoms with van der Waals surface area (Å²) in [5.41, 5.74) is 2.23. The van der Waals surface area contributed by atoms with E-state index >= 15 is 0 Å². The van der Waals surface area contributed by atoms with Crippen LogP contribution in [0.25, 0.3) is 16.9 Å². The molecule has 1 amide bonds. The molecule has 9 heteroatoms. The van der Waals surface area contributed by atoms with Gasteiger partial charge in [-0.15, -0.1) is 0 Å². The van der Waals surface area contributed by atoms with Crippen molar-refractivity contribution in [3.63, 3.8) is 0 Å². The van der Waals surface area contributed by atoms with Gasteiger partial charge >= 0.3 is 6.18 Å². The fraction of sp³-hybridized carbons (Fsp3) is 0.240. The molecule has 1 aliphatic rings. The molecular weight excluding hydrogens is 443 g/mol. The van der Waals surface area contributed by atoms with Crippen LogP contribution in [0.15, 0.2) is 67.0 Å². The normalized spacial score (nSPS) is 14.6. The molecule has 0 radical (unpaired) electrons. The highest BCUT2D eigenvalue weighted by Crippen LogP contribution is 2.31. The van der Waals surface area contributed by atoms with E-state index in [1.165, 1.54) is 41.4 Å². The van der Waals surface area contributed by atoms with Crippen molar-refractivity contribution >= 4 is 22.8 Å². The lowest BCUT2D eigenvalue weighted by atomic mass is 10.2. The van der Waals surface area contributed by atoms with Gasteiger partial charge in [-0.1, -0.05) is 18.2 Å². The van der Waals surface area contributed by atoms with Crippen molar-refractivity contribution in [3.8, 4) is 5.69 Å². The Morgan fingerprint density at radius 3 is 2.50 bits per heavy atom. The molecule has 2 aromatic carbocycles. The first kappa shape index (κ1) is 22.1. The van der Waals surface area contributed by atoms with Gasteiger partial charge in [0.15, 0.2) is 5.65 Å². The molecule has 0 aliphatic carbocycles. The van der Waals surface area contributed by atoms with Crippen LogP contribution in [0.4, 0.5) is 18.9 Å². The van der Waals surface area contributed by atoms with Crippen LogP contribution in [0.5, 0.6) is 0 Å². The van der Waals surface area contributed by atoms with E-state index in [2.05, 4.69) is 20.2 Å². The number of likely N-dealkylation sites (tertiary alicyclic amines) is 1. The molecule has 0 unspecified atom stereocenters. The molecule has 174 valence electrons. The molecule has 4 aromatic rings. The van der Waals surface area contributed by atoms with Crippen molar-refractivity contribution in [1.29, 1.82) is 0 Å². The average Bonchev–Trinajstić information content (AvgIpc) is 3.49. The number of rotatable bonds is 5. The number of fused-ring (bicyclic) bond motifs is 1. The number of amides is 1. The van der Waals surface area contributed by atoms with Gasteiger partial charge in [0.05, 0.1) is 5.56 Å². The second-order valence-electron chi connectivity index (χ2n) is 8.34. The lowest BCUT2D eigenvalue weighted by Gasteiger charge is -2.14. The fourth-order valence-corrected chi connectivity index (χ4v) is 4.13. The molecule has 0 saturated carbocycles. The largest absolute Gasteiger partial charge is 0.416 e. The highest BCUT2D eigenvalue weighted by Gasteiger charge is 2.30. The van der Waals surface area contributed by atoms with E-state index in [9.17, 15) is 18.0 Å². The Labute approximate surface area is 194 Å². The van der Waals surface area contributed by atoms with Crippen LogP contribution >= 0.6 is 0 Å². The molecule has 3 heterocycles. The Bertz CT molecular complexity index is 1320. The van der Waals surface area contributed by atoms with E-state index in [1.54, 1.807) is 12.1 Å². The van der Waals surface area contributed by atoms with Gasteiger partial charge in [-0.25, -0.2) is 9.97 Å². The zero-order chi connectivity index (χ0) is 23.7. The summed E-state index contributed by atoms with van der Waals surface area (Å²) in [7, 11) is 0. The molecular formula is C25H22F3N5O. The van der Waals surface area contributed by atoms with Crippen LogP contribution in [0.2, 0.25) is 0 Å². The summed E-state index contributed by atoms with van der Waals surface area (Å²) in [6.45, 7) is 3.12. The summed E-state index contributed by atoms with van der Waals surface area (Å²) in [5.74, 6) is -0.411. The zero-order valence-corrected chi connectivity index (χ0v) is 18.2. The summed E-state index contributed by atoms with van der Waals surface area (Å²) in [6.07, 6.45) is -0.598. The highest BCUT2D eigenvalue weighted by atomic mass is 19.4. The van der Waals surface area contributed by atoms with Crippen molar-refractivity contribution in [2.24, 2.45) is 0 Å². The quantitative estimate of drug-likeness (QED) is 0.435. The third kappa shape index (κ3) is 4.65. The van der Waals surface area contributed by atoms with Gasteiger partial charge in [-0.2, -0.15) is 13.2 Å². The van der Waals surface area contributed by atoms with Crippen molar-refractivity contribution in [1.82, 2.24) is 19.4 Å². The smallest absolute Gasteiger partial charge is 0.321 e. The predicted octanol–water partition coefficient (Wildman–Crippen LogP) is 5.29. The van der Waals surface area contributed by atoms with Crippen LogP contribution in [0.1, 0.15) is 34.5 Å². The maximum Gasteiger partial charge on any atom is 0.416 e. The number of hydrogen-bond acceptors (Lipinski definition) is 4. The standard InChI is InChI=1S/C25H22F3N5O/c26-25(27,28)18-4-3-5-20(14-18)33-16-29-21-10-11-22(31-23(21)33)24(34)30-19-8-6-17(7-9-19)15-32-12-1-2-13-32/h3-11,14,16H,1-2,12-13,15H2,(H,30,34). The van der Waals surface area contributed by atoms with E-state index < -0.39 is 17.6 Å². The molecule has 5 rings (SSSR count). The number of halogens is 3. The number of hydrogen-bond donors (Lipinski definition) is 1. The third-order valence-electron chi connectivity index (χ3n) is 5.90. The molecule has 1 saturated heterocycles. The minimum atomic E-state index is -4.46. The summed E-state index contributed by atoms with van der Waals surface area (Å²) in [5, 5.41) is 2.83. The third-order valence-corrected chi connectivity index (χ3v) is 5.90. The second-order valence-corrected chi connectivity index (χ2v) is 8.34. The highest BCUT2D eigenvalue weighted by molar-refractivity contribution is 6.03. The van der Waals surface area contributed by atoms with Gasteiger partial charge < -0.3 is 5.32 Å². The van der Waals surface area contributed by atoms with E-state index in [1.807, 2.05) is 24.3 Å². The predicted molar refractivity (Wildman–Crippen MR) is 123 cm³/mol. The zero-order valence-electron chi connectivity index (χ0n) is 18.2. The van der Waals surface area contributed by atoms with Gasteiger partial charge in [-0.05, 0) is 74.0 Å². The average molecular weight is 465 g/mol. The lowest BCUT2D eigenvalue weighted by Crippen LogP contribution is -2.18. The van der Waals surface area contributed by atoms with Crippen molar-refractivity contribution < 1.29 is 18.0 Å². The topological polar surface area (TPSA) is 63.1 Å². The number of alkyl halides is 3. The van der Waals surface area contributed by atoms with E-state index in [-0.39, 0.29) is 11.4 Å². The molecule has 1 fully saturated rings. The monoisotopic (exact) mass is 465 g/mol. The second kappa shape index (κ2) is 8.90. The number of nitrogens with zero attached hydrogens (tertiary/aromatic N) is 4. The van der Waals surface area contributed by atoms with Crippen molar-refractivity contribution in [2.75, 3.05) is 18.4 Å².